The lowest BCUT2D eigenvalue weighted by Gasteiger charge is -2.13. The molecule has 1 saturated carbocycles. The highest BCUT2D eigenvalue weighted by molar-refractivity contribution is 5.29. The van der Waals surface area contributed by atoms with Crippen LogP contribution < -0.4 is 10.6 Å². The molecule has 5 heteroatoms. The normalized spacial score (nSPS) is 22.1. The number of hydrogen-bond acceptors (Lipinski definition) is 4. The Kier molecular flexibility index (Phi) is 2.58. The van der Waals surface area contributed by atoms with Crippen LogP contribution >= 0.6 is 0 Å². The second-order valence-corrected chi connectivity index (χ2v) is 5.54. The monoisotopic (exact) mass is 235 g/mol. The van der Waals surface area contributed by atoms with Crippen LogP contribution in [0.3, 0.4) is 0 Å². The Morgan fingerprint density at radius 2 is 2.06 bits per heavy atom. The fourth-order valence-corrected chi connectivity index (χ4v) is 2.40. The molecule has 0 aromatic carbocycles. The van der Waals surface area contributed by atoms with E-state index in [-0.39, 0.29) is 5.54 Å². The van der Waals surface area contributed by atoms with Gasteiger partial charge >= 0.3 is 0 Å². The predicted molar refractivity (Wildman–Crippen MR) is 67.0 cm³/mol. The first kappa shape index (κ1) is 11.0. The van der Waals surface area contributed by atoms with Crippen LogP contribution in [0.5, 0.6) is 0 Å². The zero-order chi connectivity index (χ0) is 11.9. The molecule has 1 aliphatic carbocycles. The number of aryl methyl sites for hydroxylation is 2. The molecule has 17 heavy (non-hydrogen) atoms. The summed E-state index contributed by atoms with van der Waals surface area (Å²) in [5, 5.41) is 4.60. The summed E-state index contributed by atoms with van der Waals surface area (Å²) in [6, 6.07) is 0. The predicted octanol–water partition coefficient (Wildman–Crippen LogP) is 0.932. The molecule has 2 heterocycles. The van der Waals surface area contributed by atoms with Gasteiger partial charge in [-0.2, -0.15) is 10.1 Å². The van der Waals surface area contributed by atoms with E-state index in [9.17, 15) is 0 Å². The smallest absolute Gasteiger partial charge is 0.223 e. The van der Waals surface area contributed by atoms with Gasteiger partial charge in [-0.15, -0.1) is 0 Å². The first-order valence-electron chi connectivity index (χ1n) is 6.60. The maximum atomic E-state index is 6.10. The summed E-state index contributed by atoms with van der Waals surface area (Å²) >= 11 is 0. The average Bonchev–Trinajstić information content (AvgIpc) is 2.94. The topological polar surface area (TPSA) is 60.0 Å². The van der Waals surface area contributed by atoms with Crippen molar-refractivity contribution in [2.24, 2.45) is 5.73 Å². The van der Waals surface area contributed by atoms with Crippen LogP contribution in [0.1, 0.15) is 37.9 Å². The Bertz CT molecular complexity index is 407. The molecule has 3 rings (SSSR count). The summed E-state index contributed by atoms with van der Waals surface area (Å²) < 4.78 is 2.05. The van der Waals surface area contributed by atoms with Gasteiger partial charge in [-0.3, -0.25) is 0 Å². The zero-order valence-corrected chi connectivity index (χ0v) is 10.5. The van der Waals surface area contributed by atoms with Crippen LogP contribution in [-0.2, 0) is 13.0 Å². The molecule has 5 nitrogen and oxygen atoms in total. The van der Waals surface area contributed by atoms with Crippen molar-refractivity contribution < 1.29 is 0 Å². The lowest BCUT2D eigenvalue weighted by molar-refractivity contribution is 0.565. The lowest BCUT2D eigenvalue weighted by Crippen LogP contribution is -2.22. The molecule has 0 radical (unpaired) electrons. The van der Waals surface area contributed by atoms with E-state index in [0.717, 1.165) is 37.7 Å². The molecule has 0 bridgehead atoms. The zero-order valence-electron chi connectivity index (χ0n) is 10.5. The molecule has 2 aliphatic rings. The summed E-state index contributed by atoms with van der Waals surface area (Å²) in [4.78, 5) is 6.85. The number of anilines is 1. The van der Waals surface area contributed by atoms with Crippen LogP contribution in [0.25, 0.3) is 0 Å². The quantitative estimate of drug-likeness (QED) is 0.846. The van der Waals surface area contributed by atoms with Crippen LogP contribution in [0.4, 0.5) is 5.95 Å². The molecule has 1 fully saturated rings. The van der Waals surface area contributed by atoms with Crippen molar-refractivity contribution in [3.63, 3.8) is 0 Å². The number of rotatable bonds is 3. The van der Waals surface area contributed by atoms with E-state index >= 15 is 0 Å². The number of aromatic nitrogens is 3. The molecule has 2 N–H and O–H groups in total. The number of nitrogens with two attached hydrogens (primary N) is 1. The Morgan fingerprint density at radius 1 is 1.29 bits per heavy atom. The second kappa shape index (κ2) is 3.98. The van der Waals surface area contributed by atoms with E-state index in [1.165, 1.54) is 25.7 Å². The molecule has 0 unspecified atom stereocenters. The van der Waals surface area contributed by atoms with Crippen molar-refractivity contribution in [3.05, 3.63) is 5.82 Å². The third-order valence-corrected chi connectivity index (χ3v) is 3.89. The Hall–Kier alpha value is -1.10. The highest BCUT2D eigenvalue weighted by Gasteiger charge is 2.37. The molecule has 94 valence electrons. The highest BCUT2D eigenvalue weighted by Crippen LogP contribution is 2.36. The summed E-state index contributed by atoms with van der Waals surface area (Å²) in [7, 11) is 2.10. The van der Waals surface area contributed by atoms with Gasteiger partial charge in [0.05, 0.1) is 0 Å². The summed E-state index contributed by atoms with van der Waals surface area (Å²) in [5.41, 5.74) is 6.20. The fourth-order valence-electron chi connectivity index (χ4n) is 2.40. The molecule has 0 amide bonds. The summed E-state index contributed by atoms with van der Waals surface area (Å²) in [5.74, 6) is 1.99. The first-order valence-corrected chi connectivity index (χ1v) is 6.60. The van der Waals surface area contributed by atoms with Crippen molar-refractivity contribution in [2.45, 2.75) is 50.6 Å². The highest BCUT2D eigenvalue weighted by atomic mass is 15.4. The van der Waals surface area contributed by atoms with Gasteiger partial charge in [0.15, 0.2) is 5.82 Å². The van der Waals surface area contributed by atoms with Crippen LogP contribution in [0.15, 0.2) is 0 Å². The minimum absolute atomic E-state index is 0.106. The van der Waals surface area contributed by atoms with E-state index in [1.807, 2.05) is 0 Å². The van der Waals surface area contributed by atoms with E-state index in [4.69, 9.17) is 5.73 Å². The number of fused-ring (bicyclic) bond motifs is 1. The summed E-state index contributed by atoms with van der Waals surface area (Å²) in [6.07, 6.45) is 6.70. The molecule has 1 aliphatic heterocycles. The van der Waals surface area contributed by atoms with Gasteiger partial charge in [0.2, 0.25) is 5.95 Å². The molecule has 0 saturated heterocycles. The van der Waals surface area contributed by atoms with Crippen LogP contribution in [0.2, 0.25) is 0 Å². The Balaban J connectivity index is 1.71. The van der Waals surface area contributed by atoms with Crippen molar-refractivity contribution in [2.75, 3.05) is 18.5 Å². The SMILES string of the molecule is CN1CCCCn2nc(CCC3(N)CC3)nc21. The van der Waals surface area contributed by atoms with Crippen LogP contribution in [0, 0.1) is 0 Å². The number of hydrogen-bond donors (Lipinski definition) is 1. The van der Waals surface area contributed by atoms with Gasteiger partial charge in [0.25, 0.3) is 0 Å². The molecule has 1 aromatic rings. The molecule has 0 atom stereocenters. The minimum Gasteiger partial charge on any atom is -0.344 e. The fraction of sp³-hybridized carbons (Fsp3) is 0.833. The van der Waals surface area contributed by atoms with Gasteiger partial charge in [-0.1, -0.05) is 0 Å². The minimum atomic E-state index is 0.106. The Labute approximate surface area is 102 Å². The molecular formula is C12H21N5. The third-order valence-electron chi connectivity index (χ3n) is 3.89. The standard InChI is InChI=1S/C12H21N5/c1-16-8-2-3-9-17-11(16)14-10(15-17)4-5-12(13)6-7-12/h2-9,13H2,1H3. The average molecular weight is 235 g/mol. The molecular weight excluding hydrogens is 214 g/mol. The third kappa shape index (κ3) is 2.29. The van der Waals surface area contributed by atoms with Crippen molar-refractivity contribution in [1.29, 1.82) is 0 Å². The lowest BCUT2D eigenvalue weighted by atomic mass is 10.1. The maximum absolute atomic E-state index is 6.10. The Morgan fingerprint density at radius 3 is 2.82 bits per heavy atom. The van der Waals surface area contributed by atoms with Crippen molar-refractivity contribution in [3.8, 4) is 0 Å². The van der Waals surface area contributed by atoms with Crippen molar-refractivity contribution >= 4 is 5.95 Å². The van der Waals surface area contributed by atoms with Crippen molar-refractivity contribution in [1.82, 2.24) is 14.8 Å². The van der Waals surface area contributed by atoms with Gasteiger partial charge in [-0.25, -0.2) is 4.68 Å². The van der Waals surface area contributed by atoms with Gasteiger partial charge in [0.1, 0.15) is 0 Å². The van der Waals surface area contributed by atoms with E-state index in [0.29, 0.717) is 0 Å². The second-order valence-electron chi connectivity index (χ2n) is 5.54. The van der Waals surface area contributed by atoms with Crippen LogP contribution in [-0.4, -0.2) is 33.9 Å². The van der Waals surface area contributed by atoms with E-state index in [1.54, 1.807) is 0 Å². The first-order chi connectivity index (χ1) is 8.16. The maximum Gasteiger partial charge on any atom is 0.223 e. The van der Waals surface area contributed by atoms with Gasteiger partial charge < -0.3 is 10.6 Å². The molecule has 0 spiro atoms. The molecule has 1 aromatic heterocycles. The van der Waals surface area contributed by atoms with E-state index in [2.05, 4.69) is 26.7 Å². The summed E-state index contributed by atoms with van der Waals surface area (Å²) in [6.45, 7) is 2.08. The van der Waals surface area contributed by atoms with Gasteiger partial charge in [-0.05, 0) is 32.1 Å². The number of nitrogens with zero attached hydrogens (tertiary/aromatic N) is 4. The largest absolute Gasteiger partial charge is 0.344 e. The van der Waals surface area contributed by atoms with E-state index < -0.39 is 0 Å². The van der Waals surface area contributed by atoms with Gasteiger partial charge in [0, 0.05) is 32.1 Å².